The van der Waals surface area contributed by atoms with Crippen molar-refractivity contribution in [3.8, 4) is 0 Å². The number of ether oxygens (including phenoxy) is 1. The fraction of sp³-hybridized carbons (Fsp3) is 0.909. The Morgan fingerprint density at radius 3 is 2.80 bits per heavy atom. The molecule has 1 amide bonds. The Bertz CT molecular complexity index is 219. The third-order valence-electron chi connectivity index (χ3n) is 2.94. The molecule has 88 valence electrons. The maximum Gasteiger partial charge on any atom is 0.227 e. The fourth-order valence-corrected chi connectivity index (χ4v) is 1.71. The number of hydrogen-bond donors (Lipinski definition) is 1. The molecule has 1 heterocycles. The van der Waals surface area contributed by atoms with Gasteiger partial charge in [0, 0.05) is 25.7 Å². The second-order valence-electron chi connectivity index (χ2n) is 4.47. The van der Waals surface area contributed by atoms with Crippen LogP contribution in [0.3, 0.4) is 0 Å². The first-order valence-electron chi connectivity index (χ1n) is 5.68. The summed E-state index contributed by atoms with van der Waals surface area (Å²) < 4.78 is 5.50. The molecule has 0 aromatic rings. The zero-order chi connectivity index (χ0) is 11.4. The molecule has 0 bridgehead atoms. The first kappa shape index (κ1) is 12.5. The van der Waals surface area contributed by atoms with Crippen LogP contribution in [0.1, 0.15) is 27.2 Å². The first-order chi connectivity index (χ1) is 7.02. The monoisotopic (exact) mass is 214 g/mol. The summed E-state index contributed by atoms with van der Waals surface area (Å²) in [6, 6.07) is -0.0861. The fourth-order valence-electron chi connectivity index (χ4n) is 1.71. The molecule has 0 saturated carbocycles. The van der Waals surface area contributed by atoms with Crippen LogP contribution in [0.5, 0.6) is 0 Å². The van der Waals surface area contributed by atoms with E-state index in [1.165, 1.54) is 0 Å². The van der Waals surface area contributed by atoms with Gasteiger partial charge in [0.25, 0.3) is 0 Å². The zero-order valence-corrected chi connectivity index (χ0v) is 9.90. The molecule has 0 aliphatic carbocycles. The highest BCUT2D eigenvalue weighted by Gasteiger charge is 2.25. The third kappa shape index (κ3) is 3.47. The molecule has 3 atom stereocenters. The zero-order valence-electron chi connectivity index (χ0n) is 9.90. The highest BCUT2D eigenvalue weighted by Crippen LogP contribution is 2.11. The molecule has 1 aliphatic rings. The van der Waals surface area contributed by atoms with Gasteiger partial charge in [0.05, 0.1) is 12.0 Å². The van der Waals surface area contributed by atoms with E-state index in [0.29, 0.717) is 6.54 Å². The molecule has 4 nitrogen and oxygen atoms in total. The lowest BCUT2D eigenvalue weighted by molar-refractivity contribution is -0.136. The van der Waals surface area contributed by atoms with Crippen molar-refractivity contribution in [3.63, 3.8) is 0 Å². The van der Waals surface area contributed by atoms with Gasteiger partial charge in [-0.3, -0.25) is 4.79 Å². The summed E-state index contributed by atoms with van der Waals surface area (Å²) >= 11 is 0. The van der Waals surface area contributed by atoms with Gasteiger partial charge < -0.3 is 15.4 Å². The maximum absolute atomic E-state index is 12.0. The van der Waals surface area contributed by atoms with Crippen LogP contribution in [0.15, 0.2) is 0 Å². The second kappa shape index (κ2) is 5.47. The predicted octanol–water partition coefficient (Wildman–Crippen LogP) is 0.607. The Morgan fingerprint density at radius 1 is 1.53 bits per heavy atom. The van der Waals surface area contributed by atoms with E-state index in [4.69, 9.17) is 10.5 Å². The van der Waals surface area contributed by atoms with Crippen molar-refractivity contribution in [1.29, 1.82) is 0 Å². The van der Waals surface area contributed by atoms with Gasteiger partial charge in [-0.15, -0.1) is 0 Å². The minimum absolute atomic E-state index is 0.0861. The average Bonchev–Trinajstić information content (AvgIpc) is 2.40. The van der Waals surface area contributed by atoms with Crippen molar-refractivity contribution < 1.29 is 9.53 Å². The summed E-state index contributed by atoms with van der Waals surface area (Å²) in [4.78, 5) is 13.9. The predicted molar refractivity (Wildman–Crippen MR) is 59.4 cm³/mol. The molecule has 1 aliphatic heterocycles. The minimum Gasteiger partial charge on any atom is -0.377 e. The van der Waals surface area contributed by atoms with Gasteiger partial charge in [0.15, 0.2) is 0 Å². The van der Waals surface area contributed by atoms with Crippen LogP contribution in [0.2, 0.25) is 0 Å². The standard InChI is InChI=1S/C11H22N2O2/c1-8-7-13(5-4-6-15-8)11(14)9(2)10(3)12/h8-10H,4-7,12H2,1-3H3. The Hall–Kier alpha value is -0.610. The van der Waals surface area contributed by atoms with Crippen LogP contribution in [0.25, 0.3) is 0 Å². The van der Waals surface area contributed by atoms with E-state index in [1.54, 1.807) is 0 Å². The van der Waals surface area contributed by atoms with Gasteiger partial charge in [-0.05, 0) is 20.3 Å². The lowest BCUT2D eigenvalue weighted by Crippen LogP contribution is -2.44. The topological polar surface area (TPSA) is 55.6 Å². The number of amides is 1. The summed E-state index contributed by atoms with van der Waals surface area (Å²) in [6.45, 7) is 8.00. The van der Waals surface area contributed by atoms with Crippen LogP contribution >= 0.6 is 0 Å². The SMILES string of the molecule is CC1CN(C(=O)C(C)C(C)N)CCCO1. The molecule has 4 heteroatoms. The van der Waals surface area contributed by atoms with E-state index in [2.05, 4.69) is 0 Å². The van der Waals surface area contributed by atoms with Crippen LogP contribution in [0, 0.1) is 5.92 Å². The number of carbonyl (C=O) groups is 1. The minimum atomic E-state index is -0.102. The van der Waals surface area contributed by atoms with Crippen molar-refractivity contribution in [2.45, 2.75) is 39.3 Å². The molecule has 1 saturated heterocycles. The maximum atomic E-state index is 12.0. The van der Waals surface area contributed by atoms with E-state index in [9.17, 15) is 4.79 Å². The summed E-state index contributed by atoms with van der Waals surface area (Å²) in [5.74, 6) is 0.0534. The molecule has 15 heavy (non-hydrogen) atoms. The van der Waals surface area contributed by atoms with Crippen molar-refractivity contribution in [2.24, 2.45) is 11.7 Å². The van der Waals surface area contributed by atoms with E-state index in [0.717, 1.165) is 19.6 Å². The molecule has 0 aromatic carbocycles. The van der Waals surface area contributed by atoms with Gasteiger partial charge in [-0.1, -0.05) is 6.92 Å². The summed E-state index contributed by atoms with van der Waals surface area (Å²) in [5, 5.41) is 0. The molecule has 3 unspecified atom stereocenters. The van der Waals surface area contributed by atoms with Gasteiger partial charge >= 0.3 is 0 Å². The van der Waals surface area contributed by atoms with Crippen molar-refractivity contribution >= 4 is 5.91 Å². The molecule has 2 N–H and O–H groups in total. The number of carbonyl (C=O) groups excluding carboxylic acids is 1. The van der Waals surface area contributed by atoms with Crippen molar-refractivity contribution in [3.05, 3.63) is 0 Å². The molecular formula is C11H22N2O2. The van der Waals surface area contributed by atoms with Crippen LogP contribution in [-0.2, 0) is 9.53 Å². The summed E-state index contributed by atoms with van der Waals surface area (Å²) in [6.07, 6.45) is 1.05. The number of rotatable bonds is 2. The van der Waals surface area contributed by atoms with Gasteiger partial charge in [-0.25, -0.2) is 0 Å². The highest BCUT2D eigenvalue weighted by atomic mass is 16.5. The lowest BCUT2D eigenvalue weighted by atomic mass is 10.0. The Labute approximate surface area is 91.8 Å². The third-order valence-corrected chi connectivity index (χ3v) is 2.94. The molecule has 0 radical (unpaired) electrons. The quantitative estimate of drug-likeness (QED) is 0.732. The van der Waals surface area contributed by atoms with Gasteiger partial charge in [-0.2, -0.15) is 0 Å². The summed E-state index contributed by atoms with van der Waals surface area (Å²) in [7, 11) is 0. The first-order valence-corrected chi connectivity index (χ1v) is 5.68. The number of nitrogens with zero attached hydrogens (tertiary/aromatic N) is 1. The molecule has 1 rings (SSSR count). The average molecular weight is 214 g/mol. The molecule has 1 fully saturated rings. The molecular weight excluding hydrogens is 192 g/mol. The molecule has 0 aromatic heterocycles. The normalized spacial score (nSPS) is 26.9. The van der Waals surface area contributed by atoms with Crippen molar-refractivity contribution in [2.75, 3.05) is 19.7 Å². The van der Waals surface area contributed by atoms with Crippen LogP contribution in [0.4, 0.5) is 0 Å². The largest absolute Gasteiger partial charge is 0.377 e. The van der Waals surface area contributed by atoms with Gasteiger partial charge in [0.1, 0.15) is 0 Å². The van der Waals surface area contributed by atoms with Crippen LogP contribution in [-0.4, -0.2) is 42.6 Å². The van der Waals surface area contributed by atoms with E-state index >= 15 is 0 Å². The Kier molecular flexibility index (Phi) is 4.54. The highest BCUT2D eigenvalue weighted by molar-refractivity contribution is 5.79. The van der Waals surface area contributed by atoms with Gasteiger partial charge in [0.2, 0.25) is 5.91 Å². The Morgan fingerprint density at radius 2 is 2.20 bits per heavy atom. The van der Waals surface area contributed by atoms with E-state index in [-0.39, 0.29) is 24.0 Å². The smallest absolute Gasteiger partial charge is 0.227 e. The Balaban J connectivity index is 2.57. The summed E-state index contributed by atoms with van der Waals surface area (Å²) in [5.41, 5.74) is 5.74. The van der Waals surface area contributed by atoms with E-state index < -0.39 is 0 Å². The van der Waals surface area contributed by atoms with Crippen molar-refractivity contribution in [1.82, 2.24) is 4.90 Å². The second-order valence-corrected chi connectivity index (χ2v) is 4.47. The number of nitrogens with two attached hydrogens (primary N) is 1. The number of hydrogen-bond acceptors (Lipinski definition) is 3. The molecule has 0 spiro atoms. The van der Waals surface area contributed by atoms with Crippen LogP contribution < -0.4 is 5.73 Å². The lowest BCUT2D eigenvalue weighted by Gasteiger charge is -2.26. The van der Waals surface area contributed by atoms with E-state index in [1.807, 2.05) is 25.7 Å².